The molecule has 0 atom stereocenters. The SMILES string of the molecule is C=CCOc1ccc(C(=O)N/N=C/c2ccc(Oc3ccc([N+](=O)[O-])cc3[N+](=O)[O-])c(OCC)c2)cc1OCC. The van der Waals surface area contributed by atoms with Crippen molar-refractivity contribution in [3.05, 3.63) is 98.6 Å². The number of hydrazone groups is 1. The number of nitro groups is 2. The molecule has 3 aromatic carbocycles. The van der Waals surface area contributed by atoms with Gasteiger partial charge in [0.15, 0.2) is 23.0 Å². The molecule has 3 rings (SSSR count). The second-order valence-electron chi connectivity index (χ2n) is 7.80. The smallest absolute Gasteiger partial charge is 0.318 e. The number of hydrogen-bond acceptors (Lipinski definition) is 10. The van der Waals surface area contributed by atoms with E-state index in [-0.39, 0.29) is 30.5 Å². The van der Waals surface area contributed by atoms with Gasteiger partial charge in [0.2, 0.25) is 5.75 Å². The molecule has 0 aromatic heterocycles. The maximum absolute atomic E-state index is 12.6. The van der Waals surface area contributed by atoms with Crippen molar-refractivity contribution >= 4 is 23.5 Å². The van der Waals surface area contributed by atoms with Crippen LogP contribution in [0.5, 0.6) is 28.7 Å². The second kappa shape index (κ2) is 13.9. The summed E-state index contributed by atoms with van der Waals surface area (Å²) in [6, 6.07) is 12.4. The molecule has 0 aliphatic rings. The fourth-order valence-corrected chi connectivity index (χ4v) is 3.34. The molecular weight excluding hydrogens is 524 g/mol. The van der Waals surface area contributed by atoms with Crippen molar-refractivity contribution < 1.29 is 33.6 Å². The van der Waals surface area contributed by atoms with E-state index in [9.17, 15) is 25.0 Å². The highest BCUT2D eigenvalue weighted by Crippen LogP contribution is 2.38. The number of ether oxygens (including phenoxy) is 4. The summed E-state index contributed by atoms with van der Waals surface area (Å²) < 4.78 is 22.4. The van der Waals surface area contributed by atoms with E-state index in [1.165, 1.54) is 12.3 Å². The lowest BCUT2D eigenvalue weighted by Crippen LogP contribution is -2.17. The van der Waals surface area contributed by atoms with Crippen LogP contribution in [0, 0.1) is 20.2 Å². The third kappa shape index (κ3) is 7.54. The first-order valence-corrected chi connectivity index (χ1v) is 12.0. The maximum atomic E-state index is 12.6. The van der Waals surface area contributed by atoms with Gasteiger partial charge >= 0.3 is 5.69 Å². The summed E-state index contributed by atoms with van der Waals surface area (Å²) in [6.45, 7) is 8.08. The average molecular weight is 551 g/mol. The van der Waals surface area contributed by atoms with Crippen LogP contribution in [0.4, 0.5) is 11.4 Å². The van der Waals surface area contributed by atoms with Crippen LogP contribution in [0.2, 0.25) is 0 Å². The topological polar surface area (TPSA) is 165 Å². The lowest BCUT2D eigenvalue weighted by molar-refractivity contribution is -0.394. The van der Waals surface area contributed by atoms with Crippen LogP contribution in [0.3, 0.4) is 0 Å². The number of hydrogen-bond donors (Lipinski definition) is 1. The number of nitrogens with zero attached hydrogens (tertiary/aromatic N) is 3. The minimum atomic E-state index is -0.772. The third-order valence-corrected chi connectivity index (χ3v) is 5.08. The molecule has 13 nitrogen and oxygen atoms in total. The van der Waals surface area contributed by atoms with E-state index >= 15 is 0 Å². The first-order chi connectivity index (χ1) is 19.3. The molecule has 0 aliphatic heterocycles. The zero-order valence-electron chi connectivity index (χ0n) is 21.7. The van der Waals surface area contributed by atoms with E-state index in [0.717, 1.165) is 18.2 Å². The maximum Gasteiger partial charge on any atom is 0.318 e. The monoisotopic (exact) mass is 550 g/mol. The summed E-state index contributed by atoms with van der Waals surface area (Å²) >= 11 is 0. The fourth-order valence-electron chi connectivity index (χ4n) is 3.34. The van der Waals surface area contributed by atoms with Gasteiger partial charge in [0.05, 0.1) is 35.3 Å². The van der Waals surface area contributed by atoms with E-state index in [0.29, 0.717) is 29.2 Å². The summed E-state index contributed by atoms with van der Waals surface area (Å²) in [5.41, 5.74) is 2.25. The molecule has 0 saturated carbocycles. The molecule has 40 heavy (non-hydrogen) atoms. The number of amides is 1. The van der Waals surface area contributed by atoms with Crippen LogP contribution in [0.15, 0.2) is 72.4 Å². The average Bonchev–Trinajstić information content (AvgIpc) is 2.93. The Balaban J connectivity index is 1.77. The molecule has 0 heterocycles. The second-order valence-corrected chi connectivity index (χ2v) is 7.80. The Morgan fingerprint density at radius 3 is 2.20 bits per heavy atom. The fraction of sp³-hybridized carbons (Fsp3) is 0.185. The molecule has 1 N–H and O–H groups in total. The van der Waals surface area contributed by atoms with E-state index in [4.69, 9.17) is 18.9 Å². The molecule has 3 aromatic rings. The summed E-state index contributed by atoms with van der Waals surface area (Å²) in [4.78, 5) is 33.5. The number of benzene rings is 3. The molecule has 0 aliphatic carbocycles. The minimum absolute atomic E-state index is 0.141. The molecule has 0 saturated heterocycles. The van der Waals surface area contributed by atoms with Crippen molar-refractivity contribution in [3.63, 3.8) is 0 Å². The predicted octanol–water partition coefficient (Wildman–Crippen LogP) is 5.42. The van der Waals surface area contributed by atoms with Crippen molar-refractivity contribution in [3.8, 4) is 28.7 Å². The van der Waals surface area contributed by atoms with Gasteiger partial charge in [-0.2, -0.15) is 5.10 Å². The number of nitro benzene ring substituents is 2. The minimum Gasteiger partial charge on any atom is -0.490 e. The molecule has 0 unspecified atom stereocenters. The molecule has 1 amide bonds. The third-order valence-electron chi connectivity index (χ3n) is 5.08. The predicted molar refractivity (Wildman–Crippen MR) is 146 cm³/mol. The lowest BCUT2D eigenvalue weighted by Gasteiger charge is -2.12. The van der Waals surface area contributed by atoms with Crippen LogP contribution in [0.1, 0.15) is 29.8 Å². The Bertz CT molecular complexity index is 1440. The van der Waals surface area contributed by atoms with Gasteiger partial charge in [-0.05, 0) is 61.9 Å². The van der Waals surface area contributed by atoms with Gasteiger partial charge in [0.1, 0.15) is 6.61 Å². The van der Waals surface area contributed by atoms with Crippen LogP contribution >= 0.6 is 0 Å². The van der Waals surface area contributed by atoms with Crippen LogP contribution in [-0.4, -0.2) is 41.8 Å². The van der Waals surface area contributed by atoms with E-state index in [1.807, 2.05) is 6.92 Å². The van der Waals surface area contributed by atoms with Gasteiger partial charge in [0.25, 0.3) is 11.6 Å². The number of carbonyl (C=O) groups is 1. The van der Waals surface area contributed by atoms with Crippen LogP contribution in [-0.2, 0) is 0 Å². The van der Waals surface area contributed by atoms with Crippen molar-refractivity contribution in [2.45, 2.75) is 13.8 Å². The highest BCUT2D eigenvalue weighted by molar-refractivity contribution is 5.95. The van der Waals surface area contributed by atoms with Crippen molar-refractivity contribution in [2.75, 3.05) is 19.8 Å². The van der Waals surface area contributed by atoms with Gasteiger partial charge in [0, 0.05) is 11.6 Å². The van der Waals surface area contributed by atoms with E-state index in [2.05, 4.69) is 17.1 Å². The highest BCUT2D eigenvalue weighted by Gasteiger charge is 2.22. The summed E-state index contributed by atoms with van der Waals surface area (Å²) in [5, 5.41) is 26.4. The number of non-ortho nitro benzene ring substituents is 1. The Hall–Kier alpha value is -5.46. The summed E-state index contributed by atoms with van der Waals surface area (Å²) in [6.07, 6.45) is 2.98. The zero-order chi connectivity index (χ0) is 29.1. The normalized spacial score (nSPS) is 10.6. The zero-order valence-corrected chi connectivity index (χ0v) is 21.7. The number of rotatable bonds is 14. The molecule has 0 fully saturated rings. The van der Waals surface area contributed by atoms with Crippen LogP contribution < -0.4 is 24.4 Å². The Labute approximate surface area is 228 Å². The molecule has 13 heteroatoms. The van der Waals surface area contributed by atoms with E-state index in [1.54, 1.807) is 43.3 Å². The van der Waals surface area contributed by atoms with Gasteiger partial charge in [-0.25, -0.2) is 5.43 Å². The Morgan fingerprint density at radius 2 is 1.55 bits per heavy atom. The van der Waals surface area contributed by atoms with Crippen molar-refractivity contribution in [2.24, 2.45) is 5.10 Å². The Morgan fingerprint density at radius 1 is 0.875 bits per heavy atom. The molecule has 0 spiro atoms. The van der Waals surface area contributed by atoms with Gasteiger partial charge in [-0.15, -0.1) is 0 Å². The number of carbonyl (C=O) groups excluding carboxylic acids is 1. The first kappa shape index (κ1) is 29.1. The number of nitrogens with one attached hydrogen (secondary N) is 1. The van der Waals surface area contributed by atoms with E-state index < -0.39 is 27.1 Å². The Kier molecular flexibility index (Phi) is 10.1. The standard InChI is InChI=1S/C27H26N4O9/c1-4-13-39-23-11-8-19(15-26(23)38-6-3)27(32)29-28-17-18-7-10-24(25(14-18)37-5-2)40-22-12-9-20(30(33)34)16-21(22)31(35)36/h4,7-12,14-17H,1,5-6,13H2,2-3H3,(H,29,32)/b28-17+. The van der Waals surface area contributed by atoms with Gasteiger partial charge < -0.3 is 18.9 Å². The lowest BCUT2D eigenvalue weighted by atomic mass is 10.2. The quantitative estimate of drug-likeness (QED) is 0.119. The van der Waals surface area contributed by atoms with Crippen molar-refractivity contribution in [1.29, 1.82) is 0 Å². The first-order valence-electron chi connectivity index (χ1n) is 12.0. The van der Waals surface area contributed by atoms with Crippen LogP contribution in [0.25, 0.3) is 0 Å². The van der Waals surface area contributed by atoms with Gasteiger partial charge in [-0.3, -0.25) is 25.0 Å². The highest BCUT2D eigenvalue weighted by atomic mass is 16.6. The summed E-state index contributed by atoms with van der Waals surface area (Å²) in [5.74, 6) is 0.586. The molecule has 208 valence electrons. The summed E-state index contributed by atoms with van der Waals surface area (Å²) in [7, 11) is 0. The molecule has 0 bridgehead atoms. The molecule has 0 radical (unpaired) electrons. The largest absolute Gasteiger partial charge is 0.490 e. The molecular formula is C27H26N4O9. The van der Waals surface area contributed by atoms with Gasteiger partial charge in [-0.1, -0.05) is 12.7 Å². The van der Waals surface area contributed by atoms with Crippen molar-refractivity contribution in [1.82, 2.24) is 5.43 Å².